The van der Waals surface area contributed by atoms with Gasteiger partial charge in [-0.15, -0.1) is 12.4 Å². The van der Waals surface area contributed by atoms with Gasteiger partial charge in [-0.2, -0.15) is 5.10 Å². The Hall–Kier alpha value is -1.92. The second-order valence-electron chi connectivity index (χ2n) is 8.71. The molecule has 1 aromatic carbocycles. The van der Waals surface area contributed by atoms with Gasteiger partial charge < -0.3 is 10.2 Å². The smallest absolute Gasteiger partial charge is 0.230 e. The lowest BCUT2D eigenvalue weighted by Gasteiger charge is -2.42. The lowest BCUT2D eigenvalue weighted by Crippen LogP contribution is -2.51. The normalized spacial score (nSPS) is 27.3. The van der Waals surface area contributed by atoms with Crippen LogP contribution in [0.2, 0.25) is 0 Å². The monoisotopic (exact) mass is 415 g/mol. The van der Waals surface area contributed by atoms with Crippen LogP contribution in [-0.4, -0.2) is 52.2 Å². The first-order chi connectivity index (χ1) is 13.8. The first-order valence-corrected chi connectivity index (χ1v) is 10.7. The average Bonchev–Trinajstić information content (AvgIpc) is 3.42. The molecule has 2 aromatic rings. The van der Waals surface area contributed by atoms with Crippen LogP contribution in [0.1, 0.15) is 50.3 Å². The lowest BCUT2D eigenvalue weighted by molar-refractivity contribution is -0.146. The number of aromatic nitrogens is 3. The van der Waals surface area contributed by atoms with Gasteiger partial charge in [0.15, 0.2) is 5.82 Å². The number of carbonyl (C=O) groups is 1. The van der Waals surface area contributed by atoms with Crippen molar-refractivity contribution in [3.63, 3.8) is 0 Å². The predicted octanol–water partition coefficient (Wildman–Crippen LogP) is 3.38. The van der Waals surface area contributed by atoms with Gasteiger partial charge in [-0.25, -0.2) is 4.98 Å². The molecule has 1 saturated carbocycles. The zero-order valence-corrected chi connectivity index (χ0v) is 17.6. The largest absolute Gasteiger partial charge is 0.342 e. The minimum atomic E-state index is -0.127. The van der Waals surface area contributed by atoms with Gasteiger partial charge in [0.25, 0.3) is 0 Å². The SMILES string of the molecule is Cl.O=C(N1CCC(c2nc(-c3ccccc3)n[nH]2)CC1)[C@@]12CCCC[C@H]1CNC2. The number of piperidine rings is 1. The first kappa shape index (κ1) is 20.4. The van der Waals surface area contributed by atoms with Crippen LogP contribution in [0.4, 0.5) is 0 Å². The second kappa shape index (κ2) is 8.44. The molecule has 0 radical (unpaired) electrons. The Labute approximate surface area is 178 Å². The number of hydrogen-bond donors (Lipinski definition) is 2. The van der Waals surface area contributed by atoms with Crippen molar-refractivity contribution in [1.82, 2.24) is 25.4 Å². The van der Waals surface area contributed by atoms with E-state index in [1.54, 1.807) is 0 Å². The van der Waals surface area contributed by atoms with Crippen molar-refractivity contribution < 1.29 is 4.79 Å². The average molecular weight is 416 g/mol. The van der Waals surface area contributed by atoms with E-state index in [1.807, 2.05) is 30.3 Å². The van der Waals surface area contributed by atoms with Crippen molar-refractivity contribution in [2.45, 2.75) is 44.4 Å². The van der Waals surface area contributed by atoms with Gasteiger partial charge in [0, 0.05) is 31.1 Å². The van der Waals surface area contributed by atoms with Gasteiger partial charge in [0.1, 0.15) is 5.82 Å². The summed E-state index contributed by atoms with van der Waals surface area (Å²) in [5.74, 6) is 3.02. The predicted molar refractivity (Wildman–Crippen MR) is 115 cm³/mol. The van der Waals surface area contributed by atoms with Crippen LogP contribution < -0.4 is 5.32 Å². The Kier molecular flexibility index (Phi) is 5.93. The highest BCUT2D eigenvalue weighted by Crippen LogP contribution is 2.45. The van der Waals surface area contributed by atoms with Crippen molar-refractivity contribution in [3.8, 4) is 11.4 Å². The fourth-order valence-electron chi connectivity index (χ4n) is 5.51. The molecule has 156 valence electrons. The van der Waals surface area contributed by atoms with E-state index < -0.39 is 0 Å². The van der Waals surface area contributed by atoms with E-state index in [4.69, 9.17) is 4.98 Å². The number of H-pyrrole nitrogens is 1. The van der Waals surface area contributed by atoms with Crippen molar-refractivity contribution in [2.24, 2.45) is 11.3 Å². The zero-order valence-electron chi connectivity index (χ0n) is 16.8. The van der Waals surface area contributed by atoms with Crippen LogP contribution >= 0.6 is 12.4 Å². The summed E-state index contributed by atoms with van der Waals surface area (Å²) < 4.78 is 0. The number of carbonyl (C=O) groups excluding carboxylic acids is 1. The molecule has 2 atom stereocenters. The summed E-state index contributed by atoms with van der Waals surface area (Å²) in [6.45, 7) is 3.56. The third-order valence-corrected chi connectivity index (χ3v) is 7.17. The van der Waals surface area contributed by atoms with Crippen molar-refractivity contribution >= 4 is 18.3 Å². The molecule has 0 unspecified atom stereocenters. The molecule has 2 aliphatic heterocycles. The lowest BCUT2D eigenvalue weighted by atomic mass is 9.67. The Morgan fingerprint density at radius 2 is 1.90 bits per heavy atom. The summed E-state index contributed by atoms with van der Waals surface area (Å²) in [6, 6.07) is 10.1. The molecule has 0 bridgehead atoms. The van der Waals surface area contributed by atoms with Crippen molar-refractivity contribution in [1.29, 1.82) is 0 Å². The van der Waals surface area contributed by atoms with Gasteiger partial charge in [-0.1, -0.05) is 43.2 Å². The third-order valence-electron chi connectivity index (χ3n) is 7.17. The number of halogens is 1. The summed E-state index contributed by atoms with van der Waals surface area (Å²) in [6.07, 6.45) is 6.66. The molecule has 7 heteroatoms. The number of aromatic amines is 1. The van der Waals surface area contributed by atoms with E-state index in [2.05, 4.69) is 20.4 Å². The molecule has 6 nitrogen and oxygen atoms in total. The molecule has 2 N–H and O–H groups in total. The van der Waals surface area contributed by atoms with Gasteiger partial charge in [0.05, 0.1) is 5.41 Å². The van der Waals surface area contributed by atoms with Crippen LogP contribution in [0, 0.1) is 11.3 Å². The molecular formula is C22H30ClN5O. The van der Waals surface area contributed by atoms with Crippen LogP contribution in [-0.2, 0) is 4.79 Å². The summed E-state index contributed by atoms with van der Waals surface area (Å²) in [5, 5.41) is 11.1. The third kappa shape index (κ3) is 3.68. The number of nitrogens with zero attached hydrogens (tertiary/aromatic N) is 3. The summed E-state index contributed by atoms with van der Waals surface area (Å²) in [4.78, 5) is 20.3. The Morgan fingerprint density at radius 3 is 2.69 bits per heavy atom. The highest BCUT2D eigenvalue weighted by atomic mass is 35.5. The number of amides is 1. The van der Waals surface area contributed by atoms with Crippen LogP contribution in [0.15, 0.2) is 30.3 Å². The standard InChI is InChI=1S/C22H29N5O.ClH/c28-21(22-11-5-4-8-18(22)14-23-15-22)27-12-9-17(10-13-27)20-24-19(25-26-20)16-6-2-1-3-7-16;/h1-3,6-7,17-18,23H,4-5,8-15H2,(H,24,25,26);1H/t18-,22+;/m0./s1. The van der Waals surface area contributed by atoms with E-state index >= 15 is 0 Å². The van der Waals surface area contributed by atoms with Gasteiger partial charge in [-0.3, -0.25) is 9.89 Å². The number of benzene rings is 1. The molecule has 1 amide bonds. The maximum absolute atomic E-state index is 13.4. The molecule has 1 aliphatic carbocycles. The quantitative estimate of drug-likeness (QED) is 0.805. The van der Waals surface area contributed by atoms with Crippen LogP contribution in [0.5, 0.6) is 0 Å². The zero-order chi connectivity index (χ0) is 19.0. The molecule has 2 saturated heterocycles. The Bertz CT molecular complexity index is 833. The molecule has 3 heterocycles. The molecule has 29 heavy (non-hydrogen) atoms. The Balaban J connectivity index is 0.00000205. The van der Waals surface area contributed by atoms with Gasteiger partial charge in [-0.05, 0) is 38.1 Å². The topological polar surface area (TPSA) is 73.9 Å². The summed E-state index contributed by atoms with van der Waals surface area (Å²) >= 11 is 0. The van der Waals surface area contributed by atoms with E-state index in [0.717, 1.165) is 62.7 Å². The van der Waals surface area contributed by atoms with Crippen LogP contribution in [0.3, 0.4) is 0 Å². The summed E-state index contributed by atoms with van der Waals surface area (Å²) in [7, 11) is 0. The molecule has 3 fully saturated rings. The van der Waals surface area contributed by atoms with E-state index in [-0.39, 0.29) is 17.8 Å². The molecule has 5 rings (SSSR count). The maximum atomic E-state index is 13.4. The number of fused-ring (bicyclic) bond motifs is 1. The van der Waals surface area contributed by atoms with E-state index in [9.17, 15) is 4.79 Å². The number of rotatable bonds is 3. The highest BCUT2D eigenvalue weighted by molar-refractivity contribution is 5.85. The fourth-order valence-corrected chi connectivity index (χ4v) is 5.51. The second-order valence-corrected chi connectivity index (χ2v) is 8.71. The maximum Gasteiger partial charge on any atom is 0.230 e. The van der Waals surface area contributed by atoms with Crippen LogP contribution in [0.25, 0.3) is 11.4 Å². The van der Waals surface area contributed by atoms with Gasteiger partial charge in [0.2, 0.25) is 5.91 Å². The molecule has 3 aliphatic rings. The molecular weight excluding hydrogens is 386 g/mol. The highest BCUT2D eigenvalue weighted by Gasteiger charge is 2.51. The number of nitrogens with one attached hydrogen (secondary N) is 2. The number of hydrogen-bond acceptors (Lipinski definition) is 4. The van der Waals surface area contributed by atoms with Crippen molar-refractivity contribution in [3.05, 3.63) is 36.2 Å². The molecule has 1 aromatic heterocycles. The van der Waals surface area contributed by atoms with E-state index in [1.165, 1.54) is 19.3 Å². The summed E-state index contributed by atoms with van der Waals surface area (Å²) in [5.41, 5.74) is 0.909. The van der Waals surface area contributed by atoms with E-state index in [0.29, 0.717) is 17.7 Å². The van der Waals surface area contributed by atoms with Crippen molar-refractivity contribution in [2.75, 3.05) is 26.2 Å². The number of likely N-dealkylation sites (tertiary alicyclic amines) is 1. The fraction of sp³-hybridized carbons (Fsp3) is 0.591. The first-order valence-electron chi connectivity index (χ1n) is 10.7. The Morgan fingerprint density at radius 1 is 1.10 bits per heavy atom. The minimum Gasteiger partial charge on any atom is -0.342 e. The van der Waals surface area contributed by atoms with Gasteiger partial charge >= 0.3 is 0 Å². The minimum absolute atomic E-state index is 0. The molecule has 0 spiro atoms.